The molecule has 1 atom stereocenters. The highest BCUT2D eigenvalue weighted by Gasteiger charge is 2.47. The molecule has 2 aliphatic rings. The first kappa shape index (κ1) is 15.9. The van der Waals surface area contributed by atoms with Crippen LogP contribution in [0.2, 0.25) is 0 Å². The maximum atomic E-state index is 12.2. The first-order valence-corrected chi connectivity index (χ1v) is 8.96. The largest absolute Gasteiger partial charge is 0.372 e. The molecule has 1 aromatic rings. The first-order valence-electron chi connectivity index (χ1n) is 8.15. The van der Waals surface area contributed by atoms with Crippen LogP contribution in [0.15, 0.2) is 6.20 Å². The van der Waals surface area contributed by atoms with Crippen molar-refractivity contribution < 1.29 is 9.53 Å². The number of piperidine rings is 1. The minimum Gasteiger partial charge on any atom is -0.372 e. The van der Waals surface area contributed by atoms with Crippen molar-refractivity contribution in [2.45, 2.75) is 45.2 Å². The zero-order valence-electron chi connectivity index (χ0n) is 13.5. The van der Waals surface area contributed by atoms with E-state index in [9.17, 15) is 4.79 Å². The summed E-state index contributed by atoms with van der Waals surface area (Å²) in [5.41, 5.74) is 0.192. The molecule has 0 radical (unpaired) electrons. The molecule has 0 bridgehead atoms. The maximum Gasteiger partial charge on any atom is 0.248 e. The molecule has 3 rings (SSSR count). The lowest BCUT2D eigenvalue weighted by atomic mass is 9.77. The Balaban J connectivity index is 1.61. The van der Waals surface area contributed by atoms with Crippen molar-refractivity contribution in [3.63, 3.8) is 0 Å². The van der Waals surface area contributed by atoms with Crippen LogP contribution in [0.5, 0.6) is 0 Å². The van der Waals surface area contributed by atoms with Gasteiger partial charge in [-0.2, -0.15) is 0 Å². The number of amides is 1. The molecule has 2 fully saturated rings. The van der Waals surface area contributed by atoms with Gasteiger partial charge in [0.25, 0.3) is 0 Å². The summed E-state index contributed by atoms with van der Waals surface area (Å²) in [5.74, 6) is 0.140. The second-order valence-corrected chi connectivity index (χ2v) is 7.62. The van der Waals surface area contributed by atoms with Crippen molar-refractivity contribution in [2.75, 3.05) is 32.8 Å². The number of aromatic nitrogens is 1. The number of hydrogen-bond donors (Lipinski definition) is 0. The third-order valence-electron chi connectivity index (χ3n) is 4.87. The van der Waals surface area contributed by atoms with Crippen molar-refractivity contribution >= 4 is 17.2 Å². The predicted octanol–water partition coefficient (Wildman–Crippen LogP) is 2.05. The van der Waals surface area contributed by atoms with E-state index in [1.54, 1.807) is 11.3 Å². The average Bonchev–Trinajstić information content (AvgIpc) is 2.94. The number of nitrogens with zero attached hydrogens (tertiary/aromatic N) is 3. The van der Waals surface area contributed by atoms with Gasteiger partial charge in [0.1, 0.15) is 6.61 Å². The Morgan fingerprint density at radius 3 is 2.95 bits per heavy atom. The number of rotatable bonds is 5. The van der Waals surface area contributed by atoms with E-state index in [1.807, 2.05) is 18.0 Å². The number of aryl methyl sites for hydroxylation is 1. The van der Waals surface area contributed by atoms with Crippen molar-refractivity contribution in [3.05, 3.63) is 16.1 Å². The minimum absolute atomic E-state index is 0.140. The molecular formula is C16H25N3O2S. The summed E-state index contributed by atoms with van der Waals surface area (Å²) < 4.78 is 5.28. The van der Waals surface area contributed by atoms with E-state index < -0.39 is 0 Å². The van der Waals surface area contributed by atoms with Crippen LogP contribution < -0.4 is 0 Å². The molecular weight excluding hydrogens is 298 g/mol. The van der Waals surface area contributed by atoms with Crippen LogP contribution in [0.1, 0.15) is 36.1 Å². The summed E-state index contributed by atoms with van der Waals surface area (Å²) >= 11 is 1.78. The van der Waals surface area contributed by atoms with Crippen molar-refractivity contribution in [3.8, 4) is 0 Å². The predicted molar refractivity (Wildman–Crippen MR) is 86.9 cm³/mol. The Kier molecular flexibility index (Phi) is 4.80. The number of ether oxygens (including phenoxy) is 1. The third-order valence-corrected chi connectivity index (χ3v) is 5.77. The van der Waals surface area contributed by atoms with Gasteiger partial charge in [-0.3, -0.25) is 9.69 Å². The van der Waals surface area contributed by atoms with Gasteiger partial charge >= 0.3 is 0 Å². The van der Waals surface area contributed by atoms with Crippen LogP contribution in [0, 0.1) is 6.92 Å². The second kappa shape index (κ2) is 6.64. The highest BCUT2D eigenvalue weighted by molar-refractivity contribution is 7.11. The van der Waals surface area contributed by atoms with Crippen LogP contribution in [-0.2, 0) is 16.1 Å². The van der Waals surface area contributed by atoms with Gasteiger partial charge in [0.2, 0.25) is 5.91 Å². The second-order valence-electron chi connectivity index (χ2n) is 6.30. The SMILES string of the molecule is CCOCC(=O)N1CCCC2(CCN2Cc2cnc(C)s2)C1. The Bertz CT molecular complexity index is 533. The first-order chi connectivity index (χ1) is 10.6. The molecule has 22 heavy (non-hydrogen) atoms. The summed E-state index contributed by atoms with van der Waals surface area (Å²) in [7, 11) is 0. The summed E-state index contributed by atoms with van der Waals surface area (Å²) in [5, 5.41) is 1.13. The summed E-state index contributed by atoms with van der Waals surface area (Å²) in [4.78, 5) is 22.4. The monoisotopic (exact) mass is 323 g/mol. The lowest BCUT2D eigenvalue weighted by molar-refractivity contribution is -0.145. The third kappa shape index (κ3) is 3.19. The van der Waals surface area contributed by atoms with Gasteiger partial charge in [0.15, 0.2) is 0 Å². The molecule has 0 aromatic carbocycles. The molecule has 1 amide bonds. The summed E-state index contributed by atoms with van der Waals surface area (Å²) in [6.07, 6.45) is 5.48. The molecule has 1 unspecified atom stereocenters. The highest BCUT2D eigenvalue weighted by Crippen LogP contribution is 2.40. The Morgan fingerprint density at radius 1 is 1.45 bits per heavy atom. The van der Waals surface area contributed by atoms with Crippen LogP contribution in [0.3, 0.4) is 0 Å². The van der Waals surface area contributed by atoms with Gasteiger partial charge in [-0.05, 0) is 33.1 Å². The van der Waals surface area contributed by atoms with Crippen LogP contribution in [0.4, 0.5) is 0 Å². The molecule has 0 saturated carbocycles. The fourth-order valence-electron chi connectivity index (χ4n) is 3.57. The van der Waals surface area contributed by atoms with Gasteiger partial charge in [0.05, 0.1) is 5.01 Å². The van der Waals surface area contributed by atoms with Crippen LogP contribution in [0.25, 0.3) is 0 Å². The average molecular weight is 323 g/mol. The van der Waals surface area contributed by atoms with E-state index in [4.69, 9.17) is 4.74 Å². The Hall–Kier alpha value is -0.980. The fourth-order valence-corrected chi connectivity index (χ4v) is 4.38. The highest BCUT2D eigenvalue weighted by atomic mass is 32.1. The minimum atomic E-state index is 0.140. The summed E-state index contributed by atoms with van der Waals surface area (Å²) in [6.45, 7) is 8.63. The Labute approximate surface area is 136 Å². The maximum absolute atomic E-state index is 12.2. The summed E-state index contributed by atoms with van der Waals surface area (Å²) in [6, 6.07) is 0. The molecule has 2 saturated heterocycles. The topological polar surface area (TPSA) is 45.7 Å². The zero-order chi connectivity index (χ0) is 15.6. The van der Waals surface area contributed by atoms with Gasteiger partial charge in [0, 0.05) is 49.4 Å². The van der Waals surface area contributed by atoms with E-state index >= 15 is 0 Å². The van der Waals surface area contributed by atoms with Crippen molar-refractivity contribution in [2.24, 2.45) is 0 Å². The smallest absolute Gasteiger partial charge is 0.248 e. The van der Waals surface area contributed by atoms with E-state index in [0.29, 0.717) is 6.61 Å². The lowest BCUT2D eigenvalue weighted by Gasteiger charge is -2.57. The molecule has 2 aliphatic heterocycles. The van der Waals surface area contributed by atoms with Crippen LogP contribution in [-0.4, -0.2) is 59.1 Å². The number of likely N-dealkylation sites (tertiary alicyclic amines) is 2. The normalized spacial score (nSPS) is 25.5. The molecule has 3 heterocycles. The van der Waals surface area contributed by atoms with Gasteiger partial charge in [-0.25, -0.2) is 4.98 Å². The molecule has 1 spiro atoms. The van der Waals surface area contributed by atoms with E-state index in [2.05, 4.69) is 16.8 Å². The number of carbonyl (C=O) groups excluding carboxylic acids is 1. The van der Waals surface area contributed by atoms with E-state index in [1.165, 1.54) is 17.7 Å². The van der Waals surface area contributed by atoms with Crippen LogP contribution >= 0.6 is 11.3 Å². The molecule has 6 heteroatoms. The van der Waals surface area contributed by atoms with Gasteiger partial charge < -0.3 is 9.64 Å². The Morgan fingerprint density at radius 2 is 2.32 bits per heavy atom. The number of thiazole rings is 1. The molecule has 5 nitrogen and oxygen atoms in total. The standard InChI is InChI=1S/C16H25N3O2S/c1-3-21-11-15(20)18-7-4-5-16(12-18)6-8-19(16)10-14-9-17-13(2)22-14/h9H,3-8,10-12H2,1-2H3. The van der Waals surface area contributed by atoms with Crippen molar-refractivity contribution in [1.82, 2.24) is 14.8 Å². The van der Waals surface area contributed by atoms with Gasteiger partial charge in [-0.1, -0.05) is 0 Å². The number of hydrogen-bond acceptors (Lipinski definition) is 5. The molecule has 0 N–H and O–H groups in total. The molecule has 1 aromatic heterocycles. The lowest BCUT2D eigenvalue weighted by Crippen LogP contribution is -2.67. The zero-order valence-corrected chi connectivity index (χ0v) is 14.3. The van der Waals surface area contributed by atoms with Gasteiger partial charge in [-0.15, -0.1) is 11.3 Å². The molecule has 122 valence electrons. The van der Waals surface area contributed by atoms with E-state index in [0.717, 1.165) is 37.6 Å². The molecule has 0 aliphatic carbocycles. The van der Waals surface area contributed by atoms with E-state index in [-0.39, 0.29) is 18.1 Å². The van der Waals surface area contributed by atoms with Crippen molar-refractivity contribution in [1.29, 1.82) is 0 Å². The number of carbonyl (C=O) groups is 1. The quantitative estimate of drug-likeness (QED) is 0.832. The fraction of sp³-hybridized carbons (Fsp3) is 0.750.